The zero-order chi connectivity index (χ0) is 10.2. The van der Waals surface area contributed by atoms with Crippen molar-refractivity contribution < 1.29 is 9.90 Å². The van der Waals surface area contributed by atoms with Gasteiger partial charge in [-0.05, 0) is 12.1 Å². The Bertz CT molecular complexity index is 225. The smallest absolute Gasteiger partial charge is 0.322 e. The zero-order valence-electron chi connectivity index (χ0n) is 7.86. The molecule has 1 aliphatic rings. The first kappa shape index (κ1) is 10.7. The maximum absolute atomic E-state index is 10.3. The van der Waals surface area contributed by atoms with Crippen LogP contribution in [0.4, 0.5) is 0 Å². The van der Waals surface area contributed by atoms with Gasteiger partial charge < -0.3 is 20.7 Å². The number of aliphatic carboxylic acids is 1. The van der Waals surface area contributed by atoms with E-state index >= 15 is 0 Å². The number of carboxylic acids is 1. The summed E-state index contributed by atoms with van der Waals surface area (Å²) in [4.78, 5) is 13.1. The molecule has 0 amide bonds. The minimum Gasteiger partial charge on any atom is -0.480 e. The summed E-state index contributed by atoms with van der Waals surface area (Å²) in [5.41, 5.74) is 0. The van der Waals surface area contributed by atoms with Gasteiger partial charge >= 0.3 is 5.97 Å². The molecule has 1 aromatic heterocycles. The molecule has 0 aromatic carbocycles. The molecule has 1 fully saturated rings. The lowest BCUT2D eigenvalue weighted by atomic mass is 10.2. The minimum absolute atomic E-state index is 0.390. The number of hydrogen-bond acceptors (Lipinski definition) is 3. The average molecular weight is 197 g/mol. The second-order valence-electron chi connectivity index (χ2n) is 2.93. The second-order valence-corrected chi connectivity index (χ2v) is 2.93. The van der Waals surface area contributed by atoms with Gasteiger partial charge in [-0.15, -0.1) is 0 Å². The van der Waals surface area contributed by atoms with E-state index in [-0.39, 0.29) is 0 Å². The van der Waals surface area contributed by atoms with Crippen molar-refractivity contribution in [3.05, 3.63) is 24.5 Å². The summed E-state index contributed by atoms with van der Waals surface area (Å²) < 4.78 is 0. The fourth-order valence-electron chi connectivity index (χ4n) is 1.11. The SMILES string of the molecule is O=C(O)C1CNCCN1.c1cc[nH]c1. The number of piperazine rings is 1. The number of nitrogens with one attached hydrogen (secondary N) is 3. The Morgan fingerprint density at radius 3 is 2.29 bits per heavy atom. The van der Waals surface area contributed by atoms with Crippen molar-refractivity contribution in [3.63, 3.8) is 0 Å². The van der Waals surface area contributed by atoms with Crippen molar-refractivity contribution in [2.24, 2.45) is 0 Å². The van der Waals surface area contributed by atoms with Crippen LogP contribution in [0.15, 0.2) is 24.5 Å². The number of rotatable bonds is 1. The molecule has 1 aromatic rings. The Kier molecular flexibility index (Phi) is 4.74. The highest BCUT2D eigenvalue weighted by atomic mass is 16.4. The molecular weight excluding hydrogens is 182 g/mol. The number of hydrogen-bond donors (Lipinski definition) is 4. The summed E-state index contributed by atoms with van der Waals surface area (Å²) >= 11 is 0. The van der Waals surface area contributed by atoms with Crippen molar-refractivity contribution in [2.45, 2.75) is 6.04 Å². The first-order chi connectivity index (χ1) is 6.80. The molecule has 0 aliphatic carbocycles. The molecule has 5 nitrogen and oxygen atoms in total. The van der Waals surface area contributed by atoms with Gasteiger partial charge in [-0.3, -0.25) is 4.79 Å². The average Bonchev–Trinajstić information content (AvgIpc) is 2.77. The van der Waals surface area contributed by atoms with Crippen LogP contribution in [0, 0.1) is 0 Å². The van der Waals surface area contributed by atoms with Crippen molar-refractivity contribution >= 4 is 5.97 Å². The fourth-order valence-corrected chi connectivity index (χ4v) is 1.11. The summed E-state index contributed by atoms with van der Waals surface area (Å²) in [5, 5.41) is 14.3. The minimum atomic E-state index is -0.776. The molecule has 1 atom stereocenters. The lowest BCUT2D eigenvalue weighted by Crippen LogP contribution is -2.52. The molecule has 5 heteroatoms. The van der Waals surface area contributed by atoms with Crippen LogP contribution in [0.25, 0.3) is 0 Å². The molecule has 1 saturated heterocycles. The van der Waals surface area contributed by atoms with Crippen LogP contribution >= 0.6 is 0 Å². The number of carboxylic acid groups (broad SMARTS) is 1. The molecule has 0 bridgehead atoms. The third kappa shape index (κ3) is 4.06. The molecule has 14 heavy (non-hydrogen) atoms. The highest BCUT2D eigenvalue weighted by Crippen LogP contribution is 1.84. The maximum Gasteiger partial charge on any atom is 0.322 e. The van der Waals surface area contributed by atoms with Crippen LogP contribution < -0.4 is 10.6 Å². The van der Waals surface area contributed by atoms with Gasteiger partial charge in [0.25, 0.3) is 0 Å². The van der Waals surface area contributed by atoms with E-state index in [0.29, 0.717) is 6.54 Å². The van der Waals surface area contributed by atoms with E-state index in [1.165, 1.54) is 0 Å². The van der Waals surface area contributed by atoms with Crippen LogP contribution in [0.3, 0.4) is 0 Å². The highest BCUT2D eigenvalue weighted by Gasteiger charge is 2.18. The van der Waals surface area contributed by atoms with Crippen molar-refractivity contribution in [1.82, 2.24) is 15.6 Å². The highest BCUT2D eigenvalue weighted by molar-refractivity contribution is 5.73. The van der Waals surface area contributed by atoms with Gasteiger partial charge in [0.05, 0.1) is 0 Å². The lowest BCUT2D eigenvalue weighted by molar-refractivity contribution is -0.139. The monoisotopic (exact) mass is 197 g/mol. The number of H-pyrrole nitrogens is 1. The topological polar surface area (TPSA) is 77.2 Å². The predicted octanol–water partition coefficient (Wildman–Crippen LogP) is -0.353. The van der Waals surface area contributed by atoms with Gasteiger partial charge in [0.15, 0.2) is 0 Å². The summed E-state index contributed by atoms with van der Waals surface area (Å²) in [6, 6.07) is 3.50. The van der Waals surface area contributed by atoms with Crippen molar-refractivity contribution in [2.75, 3.05) is 19.6 Å². The number of aromatic amines is 1. The summed E-state index contributed by atoms with van der Waals surface area (Å²) in [6.45, 7) is 2.15. The number of aromatic nitrogens is 1. The second kappa shape index (κ2) is 6.17. The van der Waals surface area contributed by atoms with E-state index in [1.807, 2.05) is 24.5 Å². The molecule has 0 radical (unpaired) electrons. The van der Waals surface area contributed by atoms with E-state index in [0.717, 1.165) is 13.1 Å². The van der Waals surface area contributed by atoms with E-state index in [2.05, 4.69) is 15.6 Å². The largest absolute Gasteiger partial charge is 0.480 e. The Hall–Kier alpha value is -1.33. The molecule has 2 heterocycles. The Morgan fingerprint density at radius 2 is 2.00 bits per heavy atom. The first-order valence-electron chi connectivity index (χ1n) is 4.55. The molecule has 78 valence electrons. The van der Waals surface area contributed by atoms with Crippen LogP contribution in [0.2, 0.25) is 0 Å². The summed E-state index contributed by atoms with van der Waals surface area (Å²) in [6.07, 6.45) is 3.75. The molecule has 4 N–H and O–H groups in total. The van der Waals surface area contributed by atoms with Gasteiger partial charge in [0, 0.05) is 32.0 Å². The van der Waals surface area contributed by atoms with Crippen LogP contribution in [-0.4, -0.2) is 41.7 Å². The quantitative estimate of drug-likeness (QED) is 0.496. The van der Waals surface area contributed by atoms with Gasteiger partial charge in [-0.25, -0.2) is 0 Å². The van der Waals surface area contributed by atoms with Crippen molar-refractivity contribution in [3.8, 4) is 0 Å². The Balaban J connectivity index is 0.000000165. The van der Waals surface area contributed by atoms with Crippen LogP contribution in [0.1, 0.15) is 0 Å². The lowest BCUT2D eigenvalue weighted by Gasteiger charge is -2.20. The normalized spacial score (nSPS) is 20.7. The van der Waals surface area contributed by atoms with E-state index in [1.54, 1.807) is 0 Å². The van der Waals surface area contributed by atoms with E-state index in [9.17, 15) is 4.79 Å². The Morgan fingerprint density at radius 1 is 1.29 bits per heavy atom. The van der Waals surface area contributed by atoms with Crippen LogP contribution in [0.5, 0.6) is 0 Å². The molecule has 0 saturated carbocycles. The summed E-state index contributed by atoms with van der Waals surface area (Å²) in [7, 11) is 0. The zero-order valence-corrected chi connectivity index (χ0v) is 7.86. The molecule has 2 rings (SSSR count). The van der Waals surface area contributed by atoms with E-state index < -0.39 is 12.0 Å². The molecule has 1 unspecified atom stereocenters. The predicted molar refractivity (Wildman–Crippen MR) is 53.1 cm³/mol. The Labute approximate surface area is 82.5 Å². The van der Waals surface area contributed by atoms with Gasteiger partial charge in [0.2, 0.25) is 0 Å². The summed E-state index contributed by atoms with van der Waals surface area (Å²) in [5.74, 6) is -0.776. The molecule has 1 aliphatic heterocycles. The first-order valence-corrected chi connectivity index (χ1v) is 4.55. The third-order valence-corrected chi connectivity index (χ3v) is 1.84. The van der Waals surface area contributed by atoms with Gasteiger partial charge in [0.1, 0.15) is 6.04 Å². The molecule has 0 spiro atoms. The van der Waals surface area contributed by atoms with Gasteiger partial charge in [-0.2, -0.15) is 0 Å². The maximum atomic E-state index is 10.3. The van der Waals surface area contributed by atoms with Gasteiger partial charge in [-0.1, -0.05) is 0 Å². The van der Waals surface area contributed by atoms with Crippen LogP contribution in [-0.2, 0) is 4.79 Å². The van der Waals surface area contributed by atoms with E-state index in [4.69, 9.17) is 5.11 Å². The number of carbonyl (C=O) groups is 1. The van der Waals surface area contributed by atoms with Crippen molar-refractivity contribution in [1.29, 1.82) is 0 Å². The third-order valence-electron chi connectivity index (χ3n) is 1.84. The standard InChI is InChI=1S/C5H10N2O2.C4H5N/c8-5(9)4-3-6-1-2-7-4;1-2-4-5-3-1/h4,6-7H,1-3H2,(H,8,9);1-5H. The fraction of sp³-hybridized carbons (Fsp3) is 0.444. The molecular formula is C9H15N3O2.